The Morgan fingerprint density at radius 3 is 2.58 bits per heavy atom. The Balaban J connectivity index is 1.42. The number of rotatable bonds is 14. The molecule has 43 heavy (non-hydrogen) atoms. The number of nitrogens with one attached hydrogen (secondary N) is 1. The molecule has 3 heterocycles. The minimum atomic E-state index is -4.12. The molecule has 4 rings (SSSR count). The zero-order valence-corrected chi connectivity index (χ0v) is 26.5. The standard InChI is InChI=1S/C28H43N4O9PS/c1-27(2,19-33)25(35)43-16-15-39-42(38,29-17-20-9-5-4-6-10-20)40-18-21-23(34)28(3,37)24(41-21)32-14-11-22(30-26(32)36)31-12-7-8-13-31/h4-6,9-11,14,21,23-24,29,33-34,37-38,42H,7-8,12-13,15-19H2,1-3H3/t21-,23-,24-,28-/m1/s1. The Hall–Kier alpha value is -1.97. The zero-order chi connectivity index (χ0) is 31.3. The molecule has 0 aliphatic carbocycles. The number of ether oxygens (including phenoxy) is 1. The van der Waals surface area contributed by atoms with Crippen molar-refractivity contribution in [3.8, 4) is 0 Å². The quantitative estimate of drug-likeness (QED) is 0.148. The van der Waals surface area contributed by atoms with Crippen molar-refractivity contribution in [1.82, 2.24) is 14.6 Å². The van der Waals surface area contributed by atoms with Crippen LogP contribution in [0.5, 0.6) is 0 Å². The number of aliphatic hydroxyl groups is 3. The molecule has 1 aromatic heterocycles. The molecular weight excluding hydrogens is 599 g/mol. The number of anilines is 1. The summed E-state index contributed by atoms with van der Waals surface area (Å²) in [6.07, 6.45) is -0.301. The van der Waals surface area contributed by atoms with E-state index in [1.54, 1.807) is 19.9 Å². The fraction of sp³-hybridized carbons (Fsp3) is 0.607. The Labute approximate surface area is 255 Å². The van der Waals surface area contributed by atoms with E-state index < -0.39 is 43.2 Å². The molecule has 0 saturated carbocycles. The summed E-state index contributed by atoms with van der Waals surface area (Å²) >= 11 is 0.980. The first-order valence-corrected chi connectivity index (χ1v) is 17.1. The van der Waals surface area contributed by atoms with Crippen LogP contribution in [0.1, 0.15) is 45.4 Å². The fourth-order valence-electron chi connectivity index (χ4n) is 4.81. The molecule has 0 spiro atoms. The minimum absolute atomic E-state index is 0.0404. The molecule has 2 aromatic rings. The third-order valence-corrected chi connectivity index (χ3v) is 10.6. The number of benzene rings is 1. The summed E-state index contributed by atoms with van der Waals surface area (Å²) in [6, 6.07) is 11.0. The van der Waals surface area contributed by atoms with E-state index >= 15 is 0 Å². The molecule has 240 valence electrons. The van der Waals surface area contributed by atoms with Gasteiger partial charge in [-0.3, -0.25) is 0 Å². The molecule has 0 bridgehead atoms. The van der Waals surface area contributed by atoms with Gasteiger partial charge in [0.2, 0.25) is 0 Å². The van der Waals surface area contributed by atoms with E-state index in [0.29, 0.717) is 5.82 Å². The first kappa shape index (κ1) is 33.9. The molecule has 15 heteroatoms. The summed E-state index contributed by atoms with van der Waals surface area (Å²) in [7, 11) is -4.12. The van der Waals surface area contributed by atoms with Crippen molar-refractivity contribution in [2.45, 2.75) is 64.2 Å². The van der Waals surface area contributed by atoms with Gasteiger partial charge in [0.1, 0.15) is 0 Å². The molecule has 0 radical (unpaired) electrons. The molecule has 13 nitrogen and oxygen atoms in total. The summed E-state index contributed by atoms with van der Waals surface area (Å²) in [6.45, 7) is 5.78. The normalized spacial score (nSPS) is 24.9. The van der Waals surface area contributed by atoms with Crippen molar-refractivity contribution in [2.24, 2.45) is 5.41 Å². The van der Waals surface area contributed by atoms with Gasteiger partial charge < -0.3 is 0 Å². The van der Waals surface area contributed by atoms with Crippen LogP contribution in [0.15, 0.2) is 47.4 Å². The van der Waals surface area contributed by atoms with Crippen molar-refractivity contribution < 1.29 is 38.8 Å². The first-order chi connectivity index (χ1) is 20.4. The summed E-state index contributed by atoms with van der Waals surface area (Å²) in [4.78, 5) is 42.8. The van der Waals surface area contributed by atoms with Gasteiger partial charge >= 0.3 is 256 Å². The molecule has 2 saturated heterocycles. The average Bonchev–Trinajstić information content (AvgIpc) is 3.61. The van der Waals surface area contributed by atoms with Crippen LogP contribution in [0.25, 0.3) is 0 Å². The summed E-state index contributed by atoms with van der Waals surface area (Å²) in [5.41, 5.74) is -2.54. The van der Waals surface area contributed by atoms with E-state index in [2.05, 4.69) is 10.1 Å². The number of thioether (sulfide) groups is 1. The zero-order valence-electron chi connectivity index (χ0n) is 24.7. The molecule has 1 aromatic carbocycles. The van der Waals surface area contributed by atoms with Crippen molar-refractivity contribution >= 4 is 30.8 Å². The van der Waals surface area contributed by atoms with Crippen molar-refractivity contribution in [2.75, 3.05) is 43.6 Å². The van der Waals surface area contributed by atoms with Crippen molar-refractivity contribution in [3.05, 3.63) is 58.6 Å². The van der Waals surface area contributed by atoms with Gasteiger partial charge in [-0.1, -0.05) is 0 Å². The average molecular weight is 643 g/mol. The van der Waals surface area contributed by atoms with Gasteiger partial charge in [-0.05, 0) is 0 Å². The van der Waals surface area contributed by atoms with Crippen LogP contribution in [0, 0.1) is 5.41 Å². The van der Waals surface area contributed by atoms with Crippen LogP contribution in [0.3, 0.4) is 0 Å². The second kappa shape index (κ2) is 14.4. The second-order valence-corrected chi connectivity index (χ2v) is 14.8. The van der Waals surface area contributed by atoms with Crippen LogP contribution in [0.4, 0.5) is 5.82 Å². The van der Waals surface area contributed by atoms with Crippen molar-refractivity contribution in [1.29, 1.82) is 0 Å². The summed E-state index contributed by atoms with van der Waals surface area (Å²) < 4.78 is 18.6. The van der Waals surface area contributed by atoms with Crippen LogP contribution < -0.4 is 15.7 Å². The van der Waals surface area contributed by atoms with E-state index in [1.165, 1.54) is 13.1 Å². The number of carbonyl (C=O) groups excluding carboxylic acids is 1. The number of carbonyl (C=O) groups is 1. The number of aliphatic hydroxyl groups excluding tert-OH is 2. The van der Waals surface area contributed by atoms with Gasteiger partial charge in [-0.15, -0.1) is 0 Å². The van der Waals surface area contributed by atoms with Crippen molar-refractivity contribution in [3.63, 3.8) is 0 Å². The van der Waals surface area contributed by atoms with Gasteiger partial charge in [-0.2, -0.15) is 0 Å². The molecule has 2 fully saturated rings. The van der Waals surface area contributed by atoms with Gasteiger partial charge in [-0.25, -0.2) is 0 Å². The number of hydrogen-bond donors (Lipinski definition) is 5. The molecule has 0 unspecified atom stereocenters. The monoisotopic (exact) mass is 642 g/mol. The Morgan fingerprint density at radius 2 is 1.93 bits per heavy atom. The van der Waals surface area contributed by atoms with E-state index in [1.807, 2.05) is 35.2 Å². The molecule has 4 atom stereocenters. The Kier molecular flexibility index (Phi) is 11.4. The van der Waals surface area contributed by atoms with E-state index in [9.17, 15) is 29.8 Å². The predicted molar refractivity (Wildman–Crippen MR) is 165 cm³/mol. The van der Waals surface area contributed by atoms with E-state index in [0.717, 1.165) is 47.8 Å². The number of nitrogens with zero attached hydrogens (tertiary/aromatic N) is 3. The molecule has 2 aliphatic rings. The molecule has 0 amide bonds. The molecular formula is C28H43N4O9PS. The molecule has 2 aliphatic heterocycles. The van der Waals surface area contributed by atoms with Gasteiger partial charge in [0.15, 0.2) is 0 Å². The van der Waals surface area contributed by atoms with Gasteiger partial charge in [0.25, 0.3) is 0 Å². The third-order valence-electron chi connectivity index (χ3n) is 7.62. The SMILES string of the molecule is CC(C)(CO)C(=O)SCCO[PH](O)(NCc1ccccc1)OC[C@H]1O[C@@H](n2ccc(N3CCCC3)nc2=O)[C@](C)(O)[C@@H]1O. The van der Waals surface area contributed by atoms with E-state index in [4.69, 9.17) is 13.8 Å². The summed E-state index contributed by atoms with van der Waals surface area (Å²) in [5.74, 6) is 0.755. The van der Waals surface area contributed by atoms with Gasteiger partial charge in [0.05, 0.1) is 0 Å². The third kappa shape index (κ3) is 8.40. The molecule has 5 N–H and O–H groups in total. The first-order valence-electron chi connectivity index (χ1n) is 14.3. The number of hydrogen-bond acceptors (Lipinski definition) is 13. The maximum absolute atomic E-state index is 12.9. The maximum atomic E-state index is 12.9. The predicted octanol–water partition coefficient (Wildman–Crippen LogP) is 1.36. The van der Waals surface area contributed by atoms with Gasteiger partial charge in [0, 0.05) is 0 Å². The van der Waals surface area contributed by atoms with Crippen LogP contribution in [-0.2, 0) is 25.1 Å². The van der Waals surface area contributed by atoms with Crippen LogP contribution >= 0.6 is 19.9 Å². The Morgan fingerprint density at radius 1 is 1.23 bits per heavy atom. The fourth-order valence-corrected chi connectivity index (χ4v) is 7.24. The topological polar surface area (TPSA) is 176 Å². The number of aromatic nitrogens is 2. The van der Waals surface area contributed by atoms with Crippen LogP contribution in [0.2, 0.25) is 0 Å². The van der Waals surface area contributed by atoms with Crippen LogP contribution in [-0.4, -0.2) is 91.4 Å². The van der Waals surface area contributed by atoms with E-state index in [-0.39, 0.29) is 37.2 Å². The second-order valence-electron chi connectivity index (χ2n) is 11.6. The summed E-state index contributed by atoms with van der Waals surface area (Å²) in [5, 5.41) is 34.3. The Bertz CT molecular complexity index is 1280.